The summed E-state index contributed by atoms with van der Waals surface area (Å²) in [5.41, 5.74) is 3.12. The largest absolute Gasteiger partial charge is 0.454 e. The molecular weight excluding hydrogens is 446 g/mol. The summed E-state index contributed by atoms with van der Waals surface area (Å²) < 4.78 is 34.4. The predicted octanol–water partition coefficient (Wildman–Crippen LogP) is 2.86. The Labute approximate surface area is 189 Å². The number of carbonyl (C=O) groups is 1. The highest BCUT2D eigenvalue weighted by molar-refractivity contribution is 7.89. The van der Waals surface area contributed by atoms with Gasteiger partial charge in [0.05, 0.1) is 10.6 Å². The molecule has 0 aromatic heterocycles. The maximum atomic E-state index is 12.7. The van der Waals surface area contributed by atoms with Crippen LogP contribution in [0.4, 0.5) is 5.69 Å². The molecule has 33 heavy (non-hydrogen) atoms. The van der Waals surface area contributed by atoms with Gasteiger partial charge in [-0.1, -0.05) is 35.5 Å². The SMILES string of the molecule is NS(=O)(=O)c1ccccc1-c1ccc(NC(=O)C2CC(c3ccc4c(c3)OCO4)=NO2)cc1. The Balaban J connectivity index is 1.25. The van der Waals surface area contributed by atoms with Gasteiger partial charge in [-0.05, 0) is 42.0 Å². The van der Waals surface area contributed by atoms with Crippen LogP contribution in [0.3, 0.4) is 0 Å². The summed E-state index contributed by atoms with van der Waals surface area (Å²) >= 11 is 0. The van der Waals surface area contributed by atoms with E-state index in [4.69, 9.17) is 19.5 Å². The van der Waals surface area contributed by atoms with Gasteiger partial charge in [-0.3, -0.25) is 4.79 Å². The van der Waals surface area contributed by atoms with Crippen LogP contribution in [0, 0.1) is 0 Å². The molecule has 1 atom stereocenters. The Morgan fingerprint density at radius 1 is 0.970 bits per heavy atom. The van der Waals surface area contributed by atoms with Crippen molar-refractivity contribution in [1.82, 2.24) is 0 Å². The summed E-state index contributed by atoms with van der Waals surface area (Å²) in [5, 5.41) is 12.2. The monoisotopic (exact) mass is 465 g/mol. The number of primary sulfonamides is 1. The van der Waals surface area contributed by atoms with Gasteiger partial charge in [0.1, 0.15) is 0 Å². The van der Waals surface area contributed by atoms with Crippen LogP contribution in [-0.4, -0.2) is 32.9 Å². The molecule has 0 fully saturated rings. The number of nitrogens with one attached hydrogen (secondary N) is 1. The molecule has 0 aliphatic carbocycles. The lowest BCUT2D eigenvalue weighted by Gasteiger charge is -2.11. The molecule has 2 aliphatic heterocycles. The zero-order chi connectivity index (χ0) is 23.0. The number of amides is 1. The number of sulfonamides is 1. The summed E-state index contributed by atoms with van der Waals surface area (Å²) in [7, 11) is -3.87. The highest BCUT2D eigenvalue weighted by atomic mass is 32.2. The Hall–Kier alpha value is -3.89. The van der Waals surface area contributed by atoms with E-state index < -0.39 is 16.1 Å². The van der Waals surface area contributed by atoms with E-state index in [1.54, 1.807) is 48.5 Å². The molecule has 0 bridgehead atoms. The highest BCUT2D eigenvalue weighted by Crippen LogP contribution is 2.34. The van der Waals surface area contributed by atoms with Crippen LogP contribution in [-0.2, 0) is 19.7 Å². The molecule has 3 aromatic rings. The van der Waals surface area contributed by atoms with Crippen molar-refractivity contribution < 1.29 is 27.5 Å². The fourth-order valence-electron chi connectivity index (χ4n) is 3.67. The number of oxime groups is 1. The predicted molar refractivity (Wildman–Crippen MR) is 120 cm³/mol. The second-order valence-corrected chi connectivity index (χ2v) is 9.04. The molecule has 5 rings (SSSR count). The summed E-state index contributed by atoms with van der Waals surface area (Å²) in [6, 6.07) is 18.7. The minimum absolute atomic E-state index is 0.0364. The van der Waals surface area contributed by atoms with Crippen molar-refractivity contribution in [2.75, 3.05) is 12.1 Å². The van der Waals surface area contributed by atoms with Crippen molar-refractivity contribution in [3.63, 3.8) is 0 Å². The third-order valence-electron chi connectivity index (χ3n) is 5.32. The normalized spacial score (nSPS) is 16.8. The van der Waals surface area contributed by atoms with Crippen LogP contribution in [0.15, 0.2) is 76.8 Å². The van der Waals surface area contributed by atoms with Crippen molar-refractivity contribution >= 4 is 27.3 Å². The van der Waals surface area contributed by atoms with E-state index in [-0.39, 0.29) is 17.6 Å². The number of anilines is 1. The van der Waals surface area contributed by atoms with Crippen molar-refractivity contribution in [1.29, 1.82) is 0 Å². The van der Waals surface area contributed by atoms with Crippen molar-refractivity contribution in [2.24, 2.45) is 10.3 Å². The first-order valence-corrected chi connectivity index (χ1v) is 11.6. The van der Waals surface area contributed by atoms with Gasteiger partial charge in [0.15, 0.2) is 11.5 Å². The van der Waals surface area contributed by atoms with Crippen LogP contribution >= 0.6 is 0 Å². The molecule has 9 nitrogen and oxygen atoms in total. The summed E-state index contributed by atoms with van der Waals surface area (Å²) in [4.78, 5) is 18.0. The van der Waals surface area contributed by atoms with Crippen LogP contribution < -0.4 is 19.9 Å². The molecule has 0 spiro atoms. The minimum atomic E-state index is -3.87. The lowest BCUT2D eigenvalue weighted by Crippen LogP contribution is -2.28. The molecule has 1 amide bonds. The molecule has 0 radical (unpaired) electrons. The Kier molecular flexibility index (Phi) is 5.23. The second kappa shape index (κ2) is 8.23. The van der Waals surface area contributed by atoms with Crippen LogP contribution in [0.2, 0.25) is 0 Å². The van der Waals surface area contributed by atoms with E-state index in [1.165, 1.54) is 6.07 Å². The number of hydrogen-bond acceptors (Lipinski definition) is 7. The zero-order valence-electron chi connectivity index (χ0n) is 17.2. The Bertz CT molecular complexity index is 1370. The maximum Gasteiger partial charge on any atom is 0.268 e. The van der Waals surface area contributed by atoms with Crippen LogP contribution in [0.1, 0.15) is 12.0 Å². The molecule has 168 valence electrons. The van der Waals surface area contributed by atoms with Crippen molar-refractivity contribution in [3.05, 3.63) is 72.3 Å². The topological polar surface area (TPSA) is 129 Å². The molecule has 3 N–H and O–H groups in total. The number of hydrogen-bond donors (Lipinski definition) is 2. The smallest absolute Gasteiger partial charge is 0.268 e. The molecule has 2 aliphatic rings. The van der Waals surface area contributed by atoms with Gasteiger partial charge < -0.3 is 19.6 Å². The lowest BCUT2D eigenvalue weighted by atomic mass is 10.0. The van der Waals surface area contributed by atoms with Gasteiger partial charge in [0, 0.05) is 23.2 Å². The van der Waals surface area contributed by atoms with Crippen LogP contribution in [0.5, 0.6) is 11.5 Å². The summed E-state index contributed by atoms with van der Waals surface area (Å²) in [6.45, 7) is 0.180. The van der Waals surface area contributed by atoms with E-state index in [9.17, 15) is 13.2 Å². The van der Waals surface area contributed by atoms with E-state index in [0.29, 0.717) is 40.4 Å². The number of benzene rings is 3. The van der Waals surface area contributed by atoms with Gasteiger partial charge >= 0.3 is 0 Å². The fourth-order valence-corrected chi connectivity index (χ4v) is 4.43. The number of nitrogens with two attached hydrogens (primary N) is 1. The summed E-state index contributed by atoms with van der Waals surface area (Å²) in [6.07, 6.45) is -0.459. The third-order valence-corrected chi connectivity index (χ3v) is 6.29. The summed E-state index contributed by atoms with van der Waals surface area (Å²) in [5.74, 6) is 0.960. The number of nitrogens with zero attached hydrogens (tertiary/aromatic N) is 1. The molecule has 0 saturated heterocycles. The molecule has 3 aromatic carbocycles. The molecule has 10 heteroatoms. The molecule has 0 saturated carbocycles. The van der Waals surface area contributed by atoms with Gasteiger partial charge in [-0.25, -0.2) is 13.6 Å². The van der Waals surface area contributed by atoms with Gasteiger partial charge in [0.25, 0.3) is 5.91 Å². The number of carbonyl (C=O) groups excluding carboxylic acids is 1. The highest BCUT2D eigenvalue weighted by Gasteiger charge is 2.30. The number of fused-ring (bicyclic) bond motifs is 1. The minimum Gasteiger partial charge on any atom is -0.454 e. The van der Waals surface area contributed by atoms with Gasteiger partial charge in [-0.2, -0.15) is 0 Å². The fraction of sp³-hybridized carbons (Fsp3) is 0.130. The standard InChI is InChI=1S/C23H19N3O6S/c24-33(28,29)22-4-2-1-3-17(22)14-5-8-16(9-6-14)25-23(27)21-12-18(26-32-21)15-7-10-19-20(11-15)31-13-30-19/h1-11,21H,12-13H2,(H,25,27)(H2,24,28,29). The Morgan fingerprint density at radius 2 is 1.70 bits per heavy atom. The van der Waals surface area contributed by atoms with Gasteiger partial charge in [-0.15, -0.1) is 0 Å². The average Bonchev–Trinajstić information content (AvgIpc) is 3.48. The number of ether oxygens (including phenoxy) is 2. The first-order valence-electron chi connectivity index (χ1n) is 10.0. The number of rotatable bonds is 5. The van der Waals surface area contributed by atoms with Crippen molar-refractivity contribution in [2.45, 2.75) is 17.4 Å². The average molecular weight is 465 g/mol. The first kappa shape index (κ1) is 21.0. The Morgan fingerprint density at radius 3 is 2.48 bits per heavy atom. The second-order valence-electron chi connectivity index (χ2n) is 7.51. The van der Waals surface area contributed by atoms with Crippen LogP contribution in [0.25, 0.3) is 11.1 Å². The van der Waals surface area contributed by atoms with Gasteiger partial charge in [0.2, 0.25) is 22.9 Å². The maximum absolute atomic E-state index is 12.7. The molecule has 2 heterocycles. The van der Waals surface area contributed by atoms with E-state index in [1.807, 2.05) is 12.1 Å². The zero-order valence-corrected chi connectivity index (χ0v) is 18.0. The third kappa shape index (κ3) is 4.26. The van der Waals surface area contributed by atoms with E-state index >= 15 is 0 Å². The first-order chi connectivity index (χ1) is 15.9. The molecule has 1 unspecified atom stereocenters. The van der Waals surface area contributed by atoms with E-state index in [2.05, 4.69) is 10.5 Å². The lowest BCUT2D eigenvalue weighted by molar-refractivity contribution is -0.125. The van der Waals surface area contributed by atoms with Crippen molar-refractivity contribution in [3.8, 4) is 22.6 Å². The van der Waals surface area contributed by atoms with E-state index in [0.717, 1.165) is 5.56 Å². The quantitative estimate of drug-likeness (QED) is 0.596. The molecular formula is C23H19N3O6S.